The van der Waals surface area contributed by atoms with Gasteiger partial charge in [0, 0.05) is 31.8 Å². The lowest BCUT2D eigenvalue weighted by Gasteiger charge is -2.35. The van der Waals surface area contributed by atoms with Crippen LogP contribution in [-0.4, -0.2) is 66.7 Å². The van der Waals surface area contributed by atoms with Crippen molar-refractivity contribution in [1.29, 1.82) is 0 Å². The second-order valence-electron chi connectivity index (χ2n) is 7.24. The Morgan fingerprint density at radius 3 is 2.13 bits per heavy atom. The molecule has 1 aromatic carbocycles. The molecule has 2 aliphatic heterocycles. The second-order valence-corrected chi connectivity index (χ2v) is 9.15. The highest BCUT2D eigenvalue weighted by Crippen LogP contribution is 2.44. The van der Waals surface area contributed by atoms with Gasteiger partial charge >= 0.3 is 5.97 Å². The van der Waals surface area contributed by atoms with Crippen LogP contribution >= 0.6 is 0 Å². The Kier molecular flexibility index (Phi) is 5.98. The number of esters is 1. The van der Waals surface area contributed by atoms with Gasteiger partial charge in [0.1, 0.15) is 0 Å². The zero-order valence-electron chi connectivity index (χ0n) is 17.7. The highest BCUT2D eigenvalue weighted by Gasteiger charge is 2.41. The molecule has 164 valence electrons. The number of amides is 1. The summed E-state index contributed by atoms with van der Waals surface area (Å²) in [5.74, 6) is -0.322. The molecule has 1 saturated heterocycles. The molecule has 0 N–H and O–H groups in total. The third-order valence-corrected chi connectivity index (χ3v) is 7.63. The van der Waals surface area contributed by atoms with Crippen LogP contribution < -0.4 is 13.8 Å². The Morgan fingerprint density at radius 2 is 1.60 bits per heavy atom. The van der Waals surface area contributed by atoms with Gasteiger partial charge < -0.3 is 19.1 Å². The first-order valence-electron chi connectivity index (χ1n) is 9.50. The monoisotopic (exact) mass is 438 g/mol. The number of anilines is 1. The molecule has 0 unspecified atom stereocenters. The van der Waals surface area contributed by atoms with Gasteiger partial charge in [0.05, 0.1) is 32.9 Å². The molecule has 3 rings (SSSR count). The lowest BCUT2D eigenvalue weighted by molar-refractivity contribution is -0.148. The molecule has 1 amide bonds. The maximum Gasteiger partial charge on any atom is 0.308 e. The normalized spacial score (nSPS) is 18.7. The van der Waals surface area contributed by atoms with Crippen LogP contribution in [0, 0.1) is 5.92 Å². The maximum atomic E-state index is 13.2. The molecule has 0 aromatic heterocycles. The average molecular weight is 439 g/mol. The quantitative estimate of drug-likeness (QED) is 0.658. The van der Waals surface area contributed by atoms with E-state index in [-0.39, 0.29) is 29.9 Å². The maximum absolute atomic E-state index is 13.2. The molecular weight excluding hydrogens is 412 g/mol. The van der Waals surface area contributed by atoms with E-state index in [0.29, 0.717) is 41.2 Å². The van der Waals surface area contributed by atoms with Gasteiger partial charge in [-0.1, -0.05) is 0 Å². The highest BCUT2D eigenvalue weighted by molar-refractivity contribution is 7.97. The van der Waals surface area contributed by atoms with Gasteiger partial charge in [-0.05, 0) is 31.4 Å². The molecule has 0 spiro atoms. The zero-order chi connectivity index (χ0) is 22.2. The minimum atomic E-state index is -4.06. The molecule has 0 atom stereocenters. The molecule has 2 heterocycles. The summed E-state index contributed by atoms with van der Waals surface area (Å²) in [6.07, 6.45) is 0.866. The molecule has 1 fully saturated rings. The van der Waals surface area contributed by atoms with E-state index in [2.05, 4.69) is 0 Å². The number of carbonyl (C=O) groups excluding carboxylic acids is 2. The van der Waals surface area contributed by atoms with Gasteiger partial charge in [0.2, 0.25) is 0 Å². The molecule has 10 heteroatoms. The zero-order valence-corrected chi connectivity index (χ0v) is 18.5. The van der Waals surface area contributed by atoms with Gasteiger partial charge in [0.15, 0.2) is 16.4 Å². The smallest absolute Gasteiger partial charge is 0.308 e. The van der Waals surface area contributed by atoms with Gasteiger partial charge in [-0.2, -0.15) is 0 Å². The molecule has 0 radical (unpaired) electrons. The van der Waals surface area contributed by atoms with E-state index in [1.54, 1.807) is 19.1 Å². The Balaban J connectivity index is 2.02. The van der Waals surface area contributed by atoms with Gasteiger partial charge in [0.25, 0.3) is 15.9 Å². The predicted octanol–water partition coefficient (Wildman–Crippen LogP) is 1.63. The lowest BCUT2D eigenvalue weighted by atomic mass is 9.96. The van der Waals surface area contributed by atoms with Crippen molar-refractivity contribution in [2.45, 2.75) is 19.8 Å². The van der Waals surface area contributed by atoms with Gasteiger partial charge in [-0.3, -0.25) is 13.9 Å². The second kappa shape index (κ2) is 8.17. The number of hydrogen-bond donors (Lipinski definition) is 0. The van der Waals surface area contributed by atoms with Crippen molar-refractivity contribution in [3.63, 3.8) is 0 Å². The van der Waals surface area contributed by atoms with Gasteiger partial charge in [-0.15, -0.1) is 0 Å². The number of likely N-dealkylation sites (tertiary alicyclic amines) is 1. The standard InChI is InChI=1S/C20H26N2O7S/c1-12-14-10-16(27-3)17(28-4)11-15(14)21(2)30(25,26)18(12)19(23)22-8-6-13(7-9-22)20(24)29-5/h10-11,13H,6-9H2,1-5H3. The number of hydrogen-bond acceptors (Lipinski definition) is 7. The fraction of sp³-hybridized carbons (Fsp3) is 0.500. The topological polar surface area (TPSA) is 102 Å². The Bertz CT molecular complexity index is 1010. The van der Waals surface area contributed by atoms with Crippen molar-refractivity contribution >= 4 is 33.2 Å². The first-order valence-corrected chi connectivity index (χ1v) is 10.9. The van der Waals surface area contributed by atoms with E-state index < -0.39 is 15.9 Å². The summed E-state index contributed by atoms with van der Waals surface area (Å²) in [5, 5.41) is 0. The van der Waals surface area contributed by atoms with E-state index >= 15 is 0 Å². The number of benzene rings is 1. The van der Waals surface area contributed by atoms with Crippen LogP contribution in [0.5, 0.6) is 11.5 Å². The molecule has 1 aromatic rings. The number of methoxy groups -OCH3 is 3. The lowest BCUT2D eigenvalue weighted by Crippen LogP contribution is -2.45. The molecule has 0 saturated carbocycles. The van der Waals surface area contributed by atoms with E-state index in [0.717, 1.165) is 4.31 Å². The van der Waals surface area contributed by atoms with Crippen molar-refractivity contribution in [2.75, 3.05) is 45.8 Å². The van der Waals surface area contributed by atoms with Crippen molar-refractivity contribution < 1.29 is 32.2 Å². The number of rotatable bonds is 4. The summed E-state index contributed by atoms with van der Waals surface area (Å²) in [4.78, 5) is 26.2. The third-order valence-electron chi connectivity index (χ3n) is 5.72. The first kappa shape index (κ1) is 21.9. The van der Waals surface area contributed by atoms with Crippen molar-refractivity contribution in [3.05, 3.63) is 22.6 Å². The van der Waals surface area contributed by atoms with E-state index in [4.69, 9.17) is 14.2 Å². The predicted molar refractivity (Wildman–Crippen MR) is 111 cm³/mol. The Labute approximate surface area is 176 Å². The summed E-state index contributed by atoms with van der Waals surface area (Å²) in [6, 6.07) is 3.25. The van der Waals surface area contributed by atoms with E-state index in [9.17, 15) is 18.0 Å². The minimum Gasteiger partial charge on any atom is -0.493 e. The van der Waals surface area contributed by atoms with Crippen molar-refractivity contribution in [1.82, 2.24) is 4.90 Å². The fourth-order valence-corrected chi connectivity index (χ4v) is 5.44. The first-order chi connectivity index (χ1) is 14.2. The summed E-state index contributed by atoms with van der Waals surface area (Å²) in [6.45, 7) is 2.19. The molecule has 30 heavy (non-hydrogen) atoms. The largest absolute Gasteiger partial charge is 0.493 e. The fourth-order valence-electron chi connectivity index (χ4n) is 3.91. The van der Waals surface area contributed by atoms with Crippen LogP contribution in [0.3, 0.4) is 0 Å². The third kappa shape index (κ3) is 3.49. The summed E-state index contributed by atoms with van der Waals surface area (Å²) in [7, 11) is 1.64. The molecular formula is C20H26N2O7S. The number of allylic oxidation sites excluding steroid dienone is 1. The number of sulfonamides is 1. The van der Waals surface area contributed by atoms with Crippen LogP contribution in [0.25, 0.3) is 5.57 Å². The number of piperidine rings is 1. The summed E-state index contributed by atoms with van der Waals surface area (Å²) >= 11 is 0. The SMILES string of the molecule is COC(=O)C1CCN(C(=O)C2=C(C)c3cc(OC)c(OC)cc3N(C)S2(=O)=O)CC1. The van der Waals surface area contributed by atoms with E-state index in [1.165, 1.54) is 33.3 Å². The Hall–Kier alpha value is -2.75. The minimum absolute atomic E-state index is 0.263. The average Bonchev–Trinajstić information content (AvgIpc) is 2.76. The van der Waals surface area contributed by atoms with Gasteiger partial charge in [-0.25, -0.2) is 8.42 Å². The van der Waals surface area contributed by atoms with Crippen molar-refractivity contribution in [3.8, 4) is 11.5 Å². The summed E-state index contributed by atoms with van der Waals surface area (Å²) < 4.78 is 42.9. The van der Waals surface area contributed by atoms with Crippen LogP contribution in [-0.2, 0) is 24.3 Å². The van der Waals surface area contributed by atoms with Crippen LogP contribution in [0.2, 0.25) is 0 Å². The number of ether oxygens (including phenoxy) is 3. The summed E-state index contributed by atoms with van der Waals surface area (Å²) in [5.41, 5.74) is 1.34. The molecule has 0 bridgehead atoms. The number of carbonyl (C=O) groups is 2. The van der Waals surface area contributed by atoms with Crippen LogP contribution in [0.4, 0.5) is 5.69 Å². The number of fused-ring (bicyclic) bond motifs is 1. The molecule has 9 nitrogen and oxygen atoms in total. The van der Waals surface area contributed by atoms with Crippen LogP contribution in [0.1, 0.15) is 25.3 Å². The Morgan fingerprint density at radius 1 is 1.03 bits per heavy atom. The van der Waals surface area contributed by atoms with Crippen LogP contribution in [0.15, 0.2) is 17.0 Å². The highest BCUT2D eigenvalue weighted by atomic mass is 32.2. The van der Waals surface area contributed by atoms with E-state index in [1.807, 2.05) is 0 Å². The van der Waals surface area contributed by atoms with Crippen molar-refractivity contribution in [2.24, 2.45) is 5.92 Å². The number of nitrogens with zero attached hydrogens (tertiary/aromatic N) is 2. The molecule has 0 aliphatic carbocycles. The molecule has 2 aliphatic rings.